The zero-order valence-electron chi connectivity index (χ0n) is 8.80. The Morgan fingerprint density at radius 2 is 1.61 bits per heavy atom. The molecule has 0 fully saturated rings. The highest BCUT2D eigenvalue weighted by Gasteiger charge is 2.24. The van der Waals surface area contributed by atoms with Gasteiger partial charge < -0.3 is 20.3 Å². The second-order valence-corrected chi connectivity index (χ2v) is 3.52. The molecule has 4 N–H and O–H groups in total. The predicted molar refractivity (Wildman–Crippen MR) is 59.2 cm³/mol. The molecule has 92 valence electrons. The number of fused-ring (bicyclic) bond motifs is 1. The molecule has 2 rings (SSSR count). The Morgan fingerprint density at radius 1 is 0.944 bits per heavy atom. The minimum absolute atomic E-state index is 0.0141. The molecule has 2 aromatic rings. The van der Waals surface area contributed by atoms with E-state index < -0.39 is 29.2 Å². The number of nitrogens with one attached hydrogen (secondary N) is 1. The number of carboxylic acid groups (broad SMARTS) is 3. The number of para-hydroxylation sites is 1. The van der Waals surface area contributed by atoms with E-state index in [0.29, 0.717) is 0 Å². The Morgan fingerprint density at radius 3 is 2.11 bits per heavy atom. The fourth-order valence-corrected chi connectivity index (χ4v) is 1.78. The highest BCUT2D eigenvalue weighted by molar-refractivity contribution is 6.15. The van der Waals surface area contributed by atoms with Crippen molar-refractivity contribution in [1.82, 2.24) is 4.98 Å². The molecule has 0 atom stereocenters. The van der Waals surface area contributed by atoms with Crippen LogP contribution in [0.25, 0.3) is 10.9 Å². The number of aromatic amines is 1. The van der Waals surface area contributed by atoms with Crippen LogP contribution < -0.4 is 0 Å². The van der Waals surface area contributed by atoms with Gasteiger partial charge in [-0.05, 0) is 6.07 Å². The molecule has 0 saturated heterocycles. The molecule has 0 bridgehead atoms. The van der Waals surface area contributed by atoms with Crippen molar-refractivity contribution >= 4 is 28.8 Å². The maximum Gasteiger partial charge on any atom is 0.353 e. The first-order valence-corrected chi connectivity index (χ1v) is 4.78. The summed E-state index contributed by atoms with van der Waals surface area (Å²) in [6.07, 6.45) is 0. The van der Waals surface area contributed by atoms with Gasteiger partial charge in [-0.2, -0.15) is 0 Å². The molecule has 1 aromatic heterocycles. The Hall–Kier alpha value is -2.83. The monoisotopic (exact) mass is 249 g/mol. The number of aromatic carboxylic acids is 3. The highest BCUT2D eigenvalue weighted by Crippen LogP contribution is 2.25. The number of aromatic nitrogens is 1. The Bertz CT molecular complexity index is 684. The Labute approximate surface area is 99.3 Å². The molecule has 1 heterocycles. The van der Waals surface area contributed by atoms with Crippen molar-refractivity contribution in [2.45, 2.75) is 0 Å². The van der Waals surface area contributed by atoms with Crippen LogP contribution in [-0.4, -0.2) is 38.2 Å². The molecular weight excluding hydrogens is 242 g/mol. The molecule has 1 aromatic carbocycles. The van der Waals surface area contributed by atoms with Crippen LogP contribution in [0.1, 0.15) is 31.2 Å². The lowest BCUT2D eigenvalue weighted by atomic mass is 10.1. The van der Waals surface area contributed by atoms with Gasteiger partial charge in [0, 0.05) is 5.39 Å². The van der Waals surface area contributed by atoms with Crippen LogP contribution in [0.15, 0.2) is 18.2 Å². The molecule has 0 aliphatic carbocycles. The second-order valence-electron chi connectivity index (χ2n) is 3.52. The lowest BCUT2D eigenvalue weighted by Gasteiger charge is -1.96. The van der Waals surface area contributed by atoms with Gasteiger partial charge in [0.15, 0.2) is 0 Å². The van der Waals surface area contributed by atoms with E-state index in [1.54, 1.807) is 0 Å². The fraction of sp³-hybridized carbons (Fsp3) is 0. The topological polar surface area (TPSA) is 128 Å². The molecule has 0 unspecified atom stereocenters. The number of carbonyl (C=O) groups is 3. The summed E-state index contributed by atoms with van der Waals surface area (Å²) < 4.78 is 0. The van der Waals surface area contributed by atoms with Gasteiger partial charge in [-0.1, -0.05) is 12.1 Å². The summed E-state index contributed by atoms with van der Waals surface area (Å²) in [6.45, 7) is 0. The minimum atomic E-state index is -1.46. The van der Waals surface area contributed by atoms with E-state index in [0.717, 1.165) is 0 Å². The molecule has 0 saturated carbocycles. The largest absolute Gasteiger partial charge is 0.478 e. The smallest absolute Gasteiger partial charge is 0.353 e. The summed E-state index contributed by atoms with van der Waals surface area (Å²) in [4.78, 5) is 35.3. The molecule has 0 spiro atoms. The van der Waals surface area contributed by atoms with Crippen LogP contribution in [0.3, 0.4) is 0 Å². The number of rotatable bonds is 3. The highest BCUT2D eigenvalue weighted by atomic mass is 16.4. The molecule has 7 heteroatoms. The lowest BCUT2D eigenvalue weighted by molar-refractivity contribution is 0.0649. The van der Waals surface area contributed by atoms with Crippen molar-refractivity contribution in [2.75, 3.05) is 0 Å². The minimum Gasteiger partial charge on any atom is -0.478 e. The van der Waals surface area contributed by atoms with Crippen molar-refractivity contribution in [3.05, 3.63) is 35.0 Å². The van der Waals surface area contributed by atoms with Crippen LogP contribution >= 0.6 is 0 Å². The average Bonchev–Trinajstić information content (AvgIpc) is 2.67. The number of carboxylic acids is 3. The quantitative estimate of drug-likeness (QED) is 0.648. The first-order valence-electron chi connectivity index (χ1n) is 4.78. The summed E-state index contributed by atoms with van der Waals surface area (Å²) in [7, 11) is 0. The van der Waals surface area contributed by atoms with Gasteiger partial charge >= 0.3 is 17.9 Å². The number of H-pyrrole nitrogens is 1. The van der Waals surface area contributed by atoms with Gasteiger partial charge in [-0.25, -0.2) is 14.4 Å². The molecule has 7 nitrogen and oxygen atoms in total. The average molecular weight is 249 g/mol. The van der Waals surface area contributed by atoms with Gasteiger partial charge in [0.1, 0.15) is 5.69 Å². The normalized spacial score (nSPS) is 10.4. The van der Waals surface area contributed by atoms with Crippen molar-refractivity contribution in [3.8, 4) is 0 Å². The van der Waals surface area contributed by atoms with E-state index >= 15 is 0 Å². The zero-order chi connectivity index (χ0) is 13.4. The molecule has 0 amide bonds. The van der Waals surface area contributed by atoms with Crippen molar-refractivity contribution < 1.29 is 29.7 Å². The molecule has 0 aliphatic heterocycles. The van der Waals surface area contributed by atoms with E-state index in [-0.39, 0.29) is 16.5 Å². The van der Waals surface area contributed by atoms with Gasteiger partial charge in [0.25, 0.3) is 0 Å². The van der Waals surface area contributed by atoms with Gasteiger partial charge in [0.05, 0.1) is 16.6 Å². The number of benzene rings is 1. The standard InChI is InChI=1S/C11H7NO6/c13-9(14)5-3-1-2-4-6(10(15)16)8(11(17)18)12-7(4)5/h1-3,12H,(H,13,14)(H,15,16)(H,17,18). The van der Waals surface area contributed by atoms with Crippen LogP contribution in [0.2, 0.25) is 0 Å². The van der Waals surface area contributed by atoms with E-state index in [9.17, 15) is 14.4 Å². The summed E-state index contributed by atoms with van der Waals surface area (Å²) in [5.74, 6) is -4.16. The molecular formula is C11H7NO6. The van der Waals surface area contributed by atoms with Crippen molar-refractivity contribution in [1.29, 1.82) is 0 Å². The van der Waals surface area contributed by atoms with Gasteiger partial charge in [-0.3, -0.25) is 0 Å². The second kappa shape index (κ2) is 3.88. The summed E-state index contributed by atoms with van der Waals surface area (Å²) >= 11 is 0. The maximum absolute atomic E-state index is 11.1. The van der Waals surface area contributed by atoms with Gasteiger partial charge in [0.2, 0.25) is 0 Å². The van der Waals surface area contributed by atoms with Crippen LogP contribution in [-0.2, 0) is 0 Å². The third-order valence-electron chi connectivity index (χ3n) is 2.49. The summed E-state index contributed by atoms with van der Waals surface area (Å²) in [5.41, 5.74) is -1.17. The van der Waals surface area contributed by atoms with Crippen LogP contribution in [0.5, 0.6) is 0 Å². The zero-order valence-corrected chi connectivity index (χ0v) is 8.80. The van der Waals surface area contributed by atoms with E-state index in [1.165, 1.54) is 18.2 Å². The summed E-state index contributed by atoms with van der Waals surface area (Å²) in [6, 6.07) is 3.98. The van der Waals surface area contributed by atoms with E-state index in [2.05, 4.69) is 4.98 Å². The first-order chi connectivity index (χ1) is 8.43. The maximum atomic E-state index is 11.1. The Balaban J connectivity index is 2.93. The first kappa shape index (κ1) is 11.6. The van der Waals surface area contributed by atoms with Crippen molar-refractivity contribution in [3.63, 3.8) is 0 Å². The van der Waals surface area contributed by atoms with Gasteiger partial charge in [-0.15, -0.1) is 0 Å². The fourth-order valence-electron chi connectivity index (χ4n) is 1.78. The number of hydrogen-bond donors (Lipinski definition) is 4. The summed E-state index contributed by atoms with van der Waals surface area (Å²) in [5, 5.41) is 26.9. The third-order valence-corrected chi connectivity index (χ3v) is 2.49. The van der Waals surface area contributed by atoms with Crippen LogP contribution in [0, 0.1) is 0 Å². The van der Waals surface area contributed by atoms with E-state index in [1.807, 2.05) is 0 Å². The predicted octanol–water partition coefficient (Wildman–Crippen LogP) is 1.26. The molecule has 18 heavy (non-hydrogen) atoms. The SMILES string of the molecule is O=C(O)c1[nH]c2c(C(=O)O)cccc2c1C(=O)O. The molecule has 0 radical (unpaired) electrons. The van der Waals surface area contributed by atoms with E-state index in [4.69, 9.17) is 15.3 Å². The molecule has 0 aliphatic rings. The third kappa shape index (κ3) is 1.58. The Kier molecular flexibility index (Phi) is 2.51. The van der Waals surface area contributed by atoms with Crippen LogP contribution in [0.4, 0.5) is 0 Å². The lowest BCUT2D eigenvalue weighted by Crippen LogP contribution is -2.06. The number of hydrogen-bond acceptors (Lipinski definition) is 3. The van der Waals surface area contributed by atoms with Crippen molar-refractivity contribution in [2.24, 2.45) is 0 Å².